The van der Waals surface area contributed by atoms with E-state index in [2.05, 4.69) is 41.9 Å². The van der Waals surface area contributed by atoms with Crippen molar-refractivity contribution in [3.8, 4) is 11.3 Å². The van der Waals surface area contributed by atoms with Crippen molar-refractivity contribution in [2.75, 3.05) is 0 Å². The number of rotatable bonds is 4. The average Bonchev–Trinajstić information content (AvgIpc) is 2.48. The van der Waals surface area contributed by atoms with Gasteiger partial charge in [-0.3, -0.25) is 4.98 Å². The highest BCUT2D eigenvalue weighted by Crippen LogP contribution is 2.23. The van der Waals surface area contributed by atoms with E-state index < -0.39 is 0 Å². The number of pyridine rings is 1. The molecule has 19 heavy (non-hydrogen) atoms. The van der Waals surface area contributed by atoms with Crippen LogP contribution >= 0.6 is 0 Å². The van der Waals surface area contributed by atoms with Crippen LogP contribution in [0.5, 0.6) is 0 Å². The highest BCUT2D eigenvalue weighted by atomic mass is 14.7. The molecule has 0 fully saturated rings. The summed E-state index contributed by atoms with van der Waals surface area (Å²) >= 11 is 0. The molecule has 1 aromatic carbocycles. The van der Waals surface area contributed by atoms with Gasteiger partial charge in [-0.25, -0.2) is 0 Å². The molecule has 2 aromatic rings. The van der Waals surface area contributed by atoms with Crippen LogP contribution < -0.4 is 0 Å². The van der Waals surface area contributed by atoms with E-state index >= 15 is 0 Å². The molecule has 0 N–H and O–H groups in total. The third-order valence-corrected chi connectivity index (χ3v) is 2.80. The standard InChI is InChI=1S/C18H17N/c1-3-8-15(9-4-2)16-10-7-11-17(14-16)18-12-5-6-13-19-18/h3-14H,1H2,2H3/b9-4-,15-8+. The van der Waals surface area contributed by atoms with Gasteiger partial charge >= 0.3 is 0 Å². The highest BCUT2D eigenvalue weighted by molar-refractivity contribution is 5.77. The predicted molar refractivity (Wildman–Crippen MR) is 82.7 cm³/mol. The van der Waals surface area contributed by atoms with Crippen molar-refractivity contribution in [1.82, 2.24) is 4.98 Å². The van der Waals surface area contributed by atoms with E-state index in [-0.39, 0.29) is 0 Å². The minimum absolute atomic E-state index is 0.989. The predicted octanol–water partition coefficient (Wildman–Crippen LogP) is 4.89. The molecule has 1 heteroatoms. The summed E-state index contributed by atoms with van der Waals surface area (Å²) in [6, 6.07) is 14.3. The monoisotopic (exact) mass is 247 g/mol. The van der Waals surface area contributed by atoms with Gasteiger partial charge in [0.2, 0.25) is 0 Å². The zero-order chi connectivity index (χ0) is 13.5. The van der Waals surface area contributed by atoms with Crippen LogP contribution in [0.2, 0.25) is 0 Å². The first kappa shape index (κ1) is 13.0. The van der Waals surface area contributed by atoms with E-state index in [9.17, 15) is 0 Å². The van der Waals surface area contributed by atoms with Gasteiger partial charge in [-0.15, -0.1) is 0 Å². The van der Waals surface area contributed by atoms with Crippen molar-refractivity contribution in [3.05, 3.63) is 85.1 Å². The molecule has 0 aliphatic heterocycles. The number of hydrogen-bond acceptors (Lipinski definition) is 1. The van der Waals surface area contributed by atoms with E-state index in [1.54, 1.807) is 0 Å². The maximum Gasteiger partial charge on any atom is 0.0702 e. The van der Waals surface area contributed by atoms with Gasteiger partial charge in [0.1, 0.15) is 0 Å². The van der Waals surface area contributed by atoms with Crippen molar-refractivity contribution in [3.63, 3.8) is 0 Å². The first-order valence-corrected chi connectivity index (χ1v) is 6.32. The molecule has 0 aliphatic carbocycles. The van der Waals surface area contributed by atoms with Crippen molar-refractivity contribution in [2.24, 2.45) is 0 Å². The fraction of sp³-hybridized carbons (Fsp3) is 0.0556. The minimum atomic E-state index is 0.989. The van der Waals surface area contributed by atoms with Crippen molar-refractivity contribution >= 4 is 5.57 Å². The van der Waals surface area contributed by atoms with Crippen LogP contribution in [0, 0.1) is 0 Å². The number of nitrogens with zero attached hydrogens (tertiary/aromatic N) is 1. The van der Waals surface area contributed by atoms with Crippen LogP contribution in [-0.2, 0) is 0 Å². The molecule has 0 saturated heterocycles. The number of aromatic nitrogens is 1. The number of allylic oxidation sites excluding steroid dienone is 5. The van der Waals surface area contributed by atoms with Crippen LogP contribution in [0.3, 0.4) is 0 Å². The fourth-order valence-corrected chi connectivity index (χ4v) is 1.95. The molecular weight excluding hydrogens is 230 g/mol. The fourth-order valence-electron chi connectivity index (χ4n) is 1.95. The topological polar surface area (TPSA) is 12.9 Å². The number of benzene rings is 1. The van der Waals surface area contributed by atoms with Crippen LogP contribution in [-0.4, -0.2) is 4.98 Å². The Balaban J connectivity index is 2.44. The van der Waals surface area contributed by atoms with Gasteiger partial charge < -0.3 is 0 Å². The Bertz CT molecular complexity index is 607. The zero-order valence-electron chi connectivity index (χ0n) is 11.1. The summed E-state index contributed by atoms with van der Waals surface area (Å²) in [5, 5.41) is 0. The summed E-state index contributed by atoms with van der Waals surface area (Å²) in [6.45, 7) is 5.78. The molecule has 94 valence electrons. The summed E-state index contributed by atoms with van der Waals surface area (Å²) in [7, 11) is 0. The minimum Gasteiger partial charge on any atom is -0.256 e. The SMILES string of the molecule is C=C/C=C(\C=C/C)c1cccc(-c2ccccn2)c1. The van der Waals surface area contributed by atoms with Crippen LogP contribution in [0.1, 0.15) is 12.5 Å². The van der Waals surface area contributed by atoms with Gasteiger partial charge in [0.05, 0.1) is 5.69 Å². The third kappa shape index (κ3) is 3.29. The molecule has 0 aliphatic rings. The van der Waals surface area contributed by atoms with Gasteiger partial charge in [-0.05, 0) is 36.3 Å². The summed E-state index contributed by atoms with van der Waals surface area (Å²) in [6.07, 6.45) is 9.75. The van der Waals surface area contributed by atoms with Crippen LogP contribution in [0.15, 0.2) is 79.5 Å². The maximum atomic E-state index is 4.38. The first-order chi connectivity index (χ1) is 9.35. The van der Waals surface area contributed by atoms with Crippen molar-refractivity contribution < 1.29 is 0 Å². The molecule has 2 rings (SSSR count). The van der Waals surface area contributed by atoms with E-state index in [1.165, 1.54) is 5.56 Å². The summed E-state index contributed by atoms with van der Waals surface area (Å²) < 4.78 is 0. The second kappa shape index (κ2) is 6.50. The molecule has 1 heterocycles. The van der Waals surface area contributed by atoms with E-state index in [1.807, 2.05) is 49.5 Å². The van der Waals surface area contributed by atoms with Crippen LogP contribution in [0.25, 0.3) is 16.8 Å². The van der Waals surface area contributed by atoms with Gasteiger partial charge in [0, 0.05) is 11.8 Å². The van der Waals surface area contributed by atoms with E-state index in [4.69, 9.17) is 0 Å². The van der Waals surface area contributed by atoms with Gasteiger partial charge in [-0.2, -0.15) is 0 Å². The van der Waals surface area contributed by atoms with E-state index in [0.29, 0.717) is 0 Å². The molecular formula is C18H17N. The summed E-state index contributed by atoms with van der Waals surface area (Å²) in [4.78, 5) is 4.38. The Labute approximate surface area is 114 Å². The Hall–Kier alpha value is -2.41. The molecule has 1 aromatic heterocycles. The lowest BCUT2D eigenvalue weighted by Crippen LogP contribution is -1.85. The molecule has 1 nitrogen and oxygen atoms in total. The van der Waals surface area contributed by atoms with Gasteiger partial charge in [-0.1, -0.05) is 55.1 Å². The number of hydrogen-bond donors (Lipinski definition) is 0. The maximum absolute atomic E-state index is 4.38. The van der Waals surface area contributed by atoms with Gasteiger partial charge in [0.15, 0.2) is 0 Å². The quantitative estimate of drug-likeness (QED) is 0.701. The Kier molecular flexibility index (Phi) is 4.46. The molecule has 0 bridgehead atoms. The largest absolute Gasteiger partial charge is 0.256 e. The lowest BCUT2D eigenvalue weighted by Gasteiger charge is -2.06. The molecule has 0 spiro atoms. The smallest absolute Gasteiger partial charge is 0.0702 e. The van der Waals surface area contributed by atoms with Crippen molar-refractivity contribution in [2.45, 2.75) is 6.92 Å². The van der Waals surface area contributed by atoms with Gasteiger partial charge in [0.25, 0.3) is 0 Å². The molecule has 0 atom stereocenters. The Morgan fingerprint density at radius 3 is 2.74 bits per heavy atom. The first-order valence-electron chi connectivity index (χ1n) is 6.32. The average molecular weight is 247 g/mol. The normalized spacial score (nSPS) is 11.7. The van der Waals surface area contributed by atoms with Crippen molar-refractivity contribution in [1.29, 1.82) is 0 Å². The second-order valence-electron chi connectivity index (χ2n) is 4.15. The molecule has 0 amide bonds. The second-order valence-corrected chi connectivity index (χ2v) is 4.15. The zero-order valence-corrected chi connectivity index (χ0v) is 11.1. The molecule has 0 unspecified atom stereocenters. The summed E-state index contributed by atoms with van der Waals surface area (Å²) in [5.41, 5.74) is 4.43. The Morgan fingerprint density at radius 2 is 2.05 bits per heavy atom. The highest BCUT2D eigenvalue weighted by Gasteiger charge is 2.01. The Morgan fingerprint density at radius 1 is 1.16 bits per heavy atom. The lowest BCUT2D eigenvalue weighted by atomic mass is 10.0. The third-order valence-electron chi connectivity index (χ3n) is 2.80. The lowest BCUT2D eigenvalue weighted by molar-refractivity contribution is 1.32. The molecule has 0 radical (unpaired) electrons. The van der Waals surface area contributed by atoms with E-state index in [0.717, 1.165) is 16.8 Å². The van der Waals surface area contributed by atoms with Crippen LogP contribution in [0.4, 0.5) is 0 Å². The molecule has 0 saturated carbocycles. The summed E-state index contributed by atoms with van der Waals surface area (Å²) in [5.74, 6) is 0.